The number of aromatic nitrogens is 1. The first-order valence-corrected chi connectivity index (χ1v) is 9.72. The summed E-state index contributed by atoms with van der Waals surface area (Å²) in [5.74, 6) is 0.972. The number of carbonyl (C=O) groups excluding carboxylic acids is 1. The van der Waals surface area contributed by atoms with Crippen LogP contribution in [-0.2, 0) is 11.3 Å². The lowest BCUT2D eigenvalue weighted by atomic mass is 10.2. The molecule has 0 saturated heterocycles. The van der Waals surface area contributed by atoms with Crippen molar-refractivity contribution in [2.45, 2.75) is 32.8 Å². The summed E-state index contributed by atoms with van der Waals surface area (Å²) in [4.78, 5) is 16.4. The smallest absolute Gasteiger partial charge is 0.251 e. The van der Waals surface area contributed by atoms with Gasteiger partial charge >= 0.3 is 0 Å². The maximum Gasteiger partial charge on any atom is 0.251 e. The molecule has 0 fully saturated rings. The molecule has 1 aromatic carbocycles. The number of nitrogens with one attached hydrogen (secondary N) is 1. The van der Waals surface area contributed by atoms with Crippen molar-refractivity contribution >= 4 is 17.2 Å². The van der Waals surface area contributed by atoms with E-state index in [0.717, 1.165) is 31.6 Å². The summed E-state index contributed by atoms with van der Waals surface area (Å²) >= 11 is 1.52. The number of hydrogen-bond donors (Lipinski definition) is 1. The van der Waals surface area contributed by atoms with Gasteiger partial charge in [-0.1, -0.05) is 13.3 Å². The Morgan fingerprint density at radius 1 is 1.23 bits per heavy atom. The minimum Gasteiger partial charge on any atom is -0.493 e. The monoisotopic (exact) mass is 378 g/mol. The summed E-state index contributed by atoms with van der Waals surface area (Å²) in [7, 11) is 1.56. The Balaban J connectivity index is 1.80. The summed E-state index contributed by atoms with van der Waals surface area (Å²) < 4.78 is 16.5. The van der Waals surface area contributed by atoms with Crippen molar-refractivity contribution < 1.29 is 19.0 Å². The van der Waals surface area contributed by atoms with Gasteiger partial charge < -0.3 is 19.5 Å². The highest BCUT2D eigenvalue weighted by Crippen LogP contribution is 2.28. The molecule has 1 aromatic heterocycles. The molecule has 1 N–H and O–H groups in total. The summed E-state index contributed by atoms with van der Waals surface area (Å²) in [6, 6.07) is 5.16. The van der Waals surface area contributed by atoms with Crippen molar-refractivity contribution in [1.29, 1.82) is 0 Å². The number of unbranched alkanes of at least 4 members (excludes halogenated alkanes) is 1. The van der Waals surface area contributed by atoms with Crippen molar-refractivity contribution in [2.75, 3.05) is 26.9 Å². The molecule has 6 nitrogen and oxygen atoms in total. The van der Waals surface area contributed by atoms with Crippen LogP contribution < -0.4 is 14.8 Å². The predicted octanol–water partition coefficient (Wildman–Crippen LogP) is 3.67. The fraction of sp³-hybridized carbons (Fsp3) is 0.474. The third-order valence-electron chi connectivity index (χ3n) is 3.68. The second-order valence-electron chi connectivity index (χ2n) is 5.71. The number of nitrogens with zero attached hydrogens (tertiary/aromatic N) is 1. The van der Waals surface area contributed by atoms with Crippen LogP contribution in [0.5, 0.6) is 11.5 Å². The summed E-state index contributed by atoms with van der Waals surface area (Å²) in [6.45, 7) is 4.52. The molecule has 0 radical (unpaired) electrons. The molecule has 0 spiro atoms. The number of rotatable bonds is 12. The van der Waals surface area contributed by atoms with E-state index in [4.69, 9.17) is 14.2 Å². The molecule has 26 heavy (non-hydrogen) atoms. The summed E-state index contributed by atoms with van der Waals surface area (Å²) in [5, 5.41) is 4.82. The SMILES string of the molecule is CCCCOCCCNC(=O)c1ccc(OCc2cscn2)c(OC)c1. The van der Waals surface area contributed by atoms with E-state index in [2.05, 4.69) is 17.2 Å². The zero-order valence-electron chi connectivity index (χ0n) is 15.3. The van der Waals surface area contributed by atoms with Crippen LogP contribution in [0.25, 0.3) is 0 Å². The first-order valence-electron chi connectivity index (χ1n) is 8.78. The summed E-state index contributed by atoms with van der Waals surface area (Å²) in [5.41, 5.74) is 3.16. The molecule has 0 aliphatic rings. The molecule has 2 rings (SSSR count). The van der Waals surface area contributed by atoms with E-state index in [9.17, 15) is 4.79 Å². The highest BCUT2D eigenvalue weighted by molar-refractivity contribution is 7.07. The van der Waals surface area contributed by atoms with Crippen LogP contribution in [0.15, 0.2) is 29.1 Å². The highest BCUT2D eigenvalue weighted by atomic mass is 32.1. The largest absolute Gasteiger partial charge is 0.493 e. The van der Waals surface area contributed by atoms with E-state index in [1.807, 2.05) is 5.38 Å². The Morgan fingerprint density at radius 3 is 2.81 bits per heavy atom. The van der Waals surface area contributed by atoms with Gasteiger partial charge in [-0.25, -0.2) is 4.98 Å². The normalized spacial score (nSPS) is 10.5. The number of hydrogen-bond acceptors (Lipinski definition) is 6. The molecule has 1 heterocycles. The predicted molar refractivity (Wildman–Crippen MR) is 102 cm³/mol. The van der Waals surface area contributed by atoms with E-state index in [1.165, 1.54) is 11.3 Å². The molecule has 0 atom stereocenters. The van der Waals surface area contributed by atoms with Gasteiger partial charge in [0.15, 0.2) is 11.5 Å². The fourth-order valence-electron chi connectivity index (χ4n) is 2.22. The minimum absolute atomic E-state index is 0.136. The molecule has 0 bridgehead atoms. The van der Waals surface area contributed by atoms with Gasteiger partial charge in [-0.3, -0.25) is 4.79 Å². The lowest BCUT2D eigenvalue weighted by molar-refractivity contribution is 0.0940. The molecule has 142 valence electrons. The van der Waals surface area contributed by atoms with Crippen LogP contribution in [0, 0.1) is 0 Å². The third-order valence-corrected chi connectivity index (χ3v) is 4.31. The molecule has 7 heteroatoms. The highest BCUT2D eigenvalue weighted by Gasteiger charge is 2.11. The van der Waals surface area contributed by atoms with Gasteiger partial charge in [0.05, 0.1) is 18.3 Å². The van der Waals surface area contributed by atoms with Crippen LogP contribution >= 0.6 is 11.3 Å². The topological polar surface area (TPSA) is 69.7 Å². The van der Waals surface area contributed by atoms with Crippen molar-refractivity contribution in [1.82, 2.24) is 10.3 Å². The van der Waals surface area contributed by atoms with E-state index in [0.29, 0.717) is 36.8 Å². The Hall–Kier alpha value is -2.12. The van der Waals surface area contributed by atoms with Gasteiger partial charge in [0.2, 0.25) is 0 Å². The van der Waals surface area contributed by atoms with Gasteiger partial charge in [0.1, 0.15) is 6.61 Å². The zero-order valence-corrected chi connectivity index (χ0v) is 16.1. The van der Waals surface area contributed by atoms with Crippen LogP contribution in [0.3, 0.4) is 0 Å². The molecule has 2 aromatic rings. The molecule has 0 aliphatic heterocycles. The average Bonchev–Trinajstić information content (AvgIpc) is 3.19. The number of amides is 1. The zero-order chi connectivity index (χ0) is 18.6. The van der Waals surface area contributed by atoms with Gasteiger partial charge in [-0.05, 0) is 31.0 Å². The molecular formula is C19H26N2O4S. The summed E-state index contributed by atoms with van der Waals surface area (Å²) in [6.07, 6.45) is 2.99. The van der Waals surface area contributed by atoms with Crippen molar-refractivity contribution in [3.8, 4) is 11.5 Å². The lowest BCUT2D eigenvalue weighted by Crippen LogP contribution is -2.25. The second-order valence-corrected chi connectivity index (χ2v) is 6.43. The lowest BCUT2D eigenvalue weighted by Gasteiger charge is -2.12. The van der Waals surface area contributed by atoms with Gasteiger partial charge in [0.25, 0.3) is 5.91 Å². The van der Waals surface area contributed by atoms with E-state index >= 15 is 0 Å². The minimum atomic E-state index is -0.136. The van der Waals surface area contributed by atoms with E-state index < -0.39 is 0 Å². The fourth-order valence-corrected chi connectivity index (χ4v) is 2.76. The molecule has 0 unspecified atom stereocenters. The quantitative estimate of drug-likeness (QED) is 0.571. The van der Waals surface area contributed by atoms with E-state index in [-0.39, 0.29) is 5.91 Å². The van der Waals surface area contributed by atoms with Gasteiger partial charge in [-0.2, -0.15) is 0 Å². The van der Waals surface area contributed by atoms with E-state index in [1.54, 1.807) is 30.8 Å². The molecule has 0 saturated carbocycles. The Kier molecular flexibility index (Phi) is 8.92. The Morgan fingerprint density at radius 2 is 2.08 bits per heavy atom. The molecular weight excluding hydrogens is 352 g/mol. The average molecular weight is 378 g/mol. The third kappa shape index (κ3) is 6.65. The van der Waals surface area contributed by atoms with Crippen molar-refractivity contribution in [2.24, 2.45) is 0 Å². The van der Waals surface area contributed by atoms with Crippen LogP contribution in [0.4, 0.5) is 0 Å². The number of benzene rings is 1. The van der Waals surface area contributed by atoms with Crippen LogP contribution in [0.2, 0.25) is 0 Å². The number of thiazole rings is 1. The van der Waals surface area contributed by atoms with Crippen molar-refractivity contribution in [3.63, 3.8) is 0 Å². The number of carbonyl (C=O) groups is 1. The Labute approximate surface area is 158 Å². The maximum absolute atomic E-state index is 12.2. The standard InChI is InChI=1S/C19H26N2O4S/c1-3-4-9-24-10-5-8-20-19(22)15-6-7-17(18(11-15)23-2)25-12-16-13-26-14-21-16/h6-7,11,13-14H,3-5,8-10,12H2,1-2H3,(H,20,22). The maximum atomic E-state index is 12.2. The molecule has 0 aliphatic carbocycles. The first-order chi connectivity index (χ1) is 12.7. The number of methoxy groups -OCH3 is 1. The Bertz CT molecular complexity index is 662. The molecule has 1 amide bonds. The van der Waals surface area contributed by atoms with Gasteiger partial charge in [0, 0.05) is 30.7 Å². The van der Waals surface area contributed by atoms with Crippen molar-refractivity contribution in [3.05, 3.63) is 40.3 Å². The van der Waals surface area contributed by atoms with Crippen LogP contribution in [0.1, 0.15) is 42.2 Å². The second kappa shape index (κ2) is 11.5. The van der Waals surface area contributed by atoms with Gasteiger partial charge in [-0.15, -0.1) is 11.3 Å². The first kappa shape index (κ1) is 20.2. The number of ether oxygens (including phenoxy) is 3. The van der Waals surface area contributed by atoms with Crippen LogP contribution in [-0.4, -0.2) is 37.8 Å².